The van der Waals surface area contributed by atoms with Crippen LogP contribution in [0.15, 0.2) is 42.6 Å². The molecule has 2 aromatic rings. The van der Waals surface area contributed by atoms with Crippen molar-refractivity contribution in [1.82, 2.24) is 10.3 Å². The molecule has 0 radical (unpaired) electrons. The van der Waals surface area contributed by atoms with E-state index in [4.69, 9.17) is 4.74 Å². The van der Waals surface area contributed by atoms with E-state index in [1.54, 1.807) is 49.5 Å². The van der Waals surface area contributed by atoms with Gasteiger partial charge in [-0.15, -0.1) is 0 Å². The molecule has 0 unspecified atom stereocenters. The molecule has 1 saturated carbocycles. The Labute approximate surface area is 153 Å². The van der Waals surface area contributed by atoms with Crippen molar-refractivity contribution in [2.75, 3.05) is 11.9 Å². The topological polar surface area (TPSA) is 80.3 Å². The molecule has 0 aliphatic heterocycles. The Hall–Kier alpha value is -2.89. The maximum atomic E-state index is 12.4. The second-order valence-corrected chi connectivity index (χ2v) is 6.31. The third-order valence-corrected chi connectivity index (χ3v) is 4.38. The predicted octanol–water partition coefficient (Wildman–Crippen LogP) is 3.67. The highest BCUT2D eigenvalue weighted by molar-refractivity contribution is 5.95. The van der Waals surface area contributed by atoms with Gasteiger partial charge in [-0.05, 0) is 56.2 Å². The fourth-order valence-electron chi connectivity index (χ4n) is 3.03. The Kier molecular flexibility index (Phi) is 5.84. The monoisotopic (exact) mass is 353 g/mol. The van der Waals surface area contributed by atoms with Gasteiger partial charge in [-0.1, -0.05) is 12.8 Å². The minimum absolute atomic E-state index is 0.0694. The highest BCUT2D eigenvalue weighted by Crippen LogP contribution is 2.19. The van der Waals surface area contributed by atoms with Crippen molar-refractivity contribution in [1.29, 1.82) is 0 Å². The largest absolute Gasteiger partial charge is 0.462 e. The molecule has 1 aromatic heterocycles. The molecule has 1 amide bonds. The van der Waals surface area contributed by atoms with E-state index < -0.39 is 0 Å². The van der Waals surface area contributed by atoms with E-state index in [1.165, 1.54) is 12.8 Å². The lowest BCUT2D eigenvalue weighted by Gasteiger charge is -2.12. The molecule has 136 valence electrons. The number of benzene rings is 1. The summed E-state index contributed by atoms with van der Waals surface area (Å²) in [6.45, 7) is 2.12. The molecule has 0 bridgehead atoms. The van der Waals surface area contributed by atoms with Crippen LogP contribution < -0.4 is 10.6 Å². The normalized spacial score (nSPS) is 14.0. The minimum Gasteiger partial charge on any atom is -0.462 e. The first-order valence-electron chi connectivity index (χ1n) is 8.97. The lowest BCUT2D eigenvalue weighted by molar-refractivity contribution is 0.0526. The summed E-state index contributed by atoms with van der Waals surface area (Å²) >= 11 is 0. The van der Waals surface area contributed by atoms with Gasteiger partial charge in [-0.3, -0.25) is 4.79 Å². The van der Waals surface area contributed by atoms with Crippen LogP contribution in [-0.4, -0.2) is 29.5 Å². The molecule has 0 spiro atoms. The maximum absolute atomic E-state index is 12.4. The van der Waals surface area contributed by atoms with Gasteiger partial charge in [-0.25, -0.2) is 9.78 Å². The number of carbonyl (C=O) groups excluding carboxylic acids is 2. The van der Waals surface area contributed by atoms with E-state index in [9.17, 15) is 9.59 Å². The van der Waals surface area contributed by atoms with Crippen LogP contribution in [0.3, 0.4) is 0 Å². The molecule has 6 heteroatoms. The molecule has 1 fully saturated rings. The van der Waals surface area contributed by atoms with Gasteiger partial charge in [0, 0.05) is 23.5 Å². The number of ether oxygens (including phenoxy) is 1. The fraction of sp³-hybridized carbons (Fsp3) is 0.350. The standard InChI is InChI=1S/C20H23N3O3/c1-2-26-20(25)14-7-9-17(10-8-14)22-18-13-15(11-12-21-18)19(24)23-16-5-3-4-6-16/h7-13,16H,2-6H2,1H3,(H,21,22)(H,23,24). The molecular formula is C20H23N3O3. The van der Waals surface area contributed by atoms with Crippen molar-refractivity contribution in [2.24, 2.45) is 0 Å². The molecule has 2 N–H and O–H groups in total. The van der Waals surface area contributed by atoms with Crippen LogP contribution in [0.2, 0.25) is 0 Å². The van der Waals surface area contributed by atoms with Crippen LogP contribution in [0.4, 0.5) is 11.5 Å². The molecule has 0 atom stereocenters. The molecular weight excluding hydrogens is 330 g/mol. The van der Waals surface area contributed by atoms with Gasteiger partial charge in [0.2, 0.25) is 0 Å². The van der Waals surface area contributed by atoms with Crippen LogP contribution in [0.1, 0.15) is 53.3 Å². The number of pyridine rings is 1. The molecule has 3 rings (SSSR count). The average Bonchev–Trinajstić information content (AvgIpc) is 3.16. The van der Waals surface area contributed by atoms with Crippen molar-refractivity contribution in [2.45, 2.75) is 38.6 Å². The summed E-state index contributed by atoms with van der Waals surface area (Å²) in [5.41, 5.74) is 1.85. The number of aromatic nitrogens is 1. The number of nitrogens with one attached hydrogen (secondary N) is 2. The number of anilines is 2. The van der Waals surface area contributed by atoms with Crippen molar-refractivity contribution in [3.63, 3.8) is 0 Å². The lowest BCUT2D eigenvalue weighted by atomic mass is 10.2. The number of nitrogens with zero attached hydrogens (tertiary/aromatic N) is 1. The van der Waals surface area contributed by atoms with Gasteiger partial charge in [0.1, 0.15) is 5.82 Å². The van der Waals surface area contributed by atoms with Crippen LogP contribution in [0.25, 0.3) is 0 Å². The number of carbonyl (C=O) groups is 2. The number of esters is 1. The summed E-state index contributed by atoms with van der Waals surface area (Å²) in [5, 5.41) is 6.22. The second-order valence-electron chi connectivity index (χ2n) is 6.31. The van der Waals surface area contributed by atoms with Crippen molar-refractivity contribution >= 4 is 23.4 Å². The average molecular weight is 353 g/mol. The van der Waals surface area contributed by atoms with Gasteiger partial charge in [0.25, 0.3) is 5.91 Å². The quantitative estimate of drug-likeness (QED) is 0.775. The highest BCUT2D eigenvalue weighted by Gasteiger charge is 2.18. The fourth-order valence-corrected chi connectivity index (χ4v) is 3.03. The van der Waals surface area contributed by atoms with Crippen LogP contribution >= 0.6 is 0 Å². The van der Waals surface area contributed by atoms with E-state index in [0.29, 0.717) is 23.6 Å². The van der Waals surface area contributed by atoms with E-state index in [1.807, 2.05) is 0 Å². The first-order valence-corrected chi connectivity index (χ1v) is 8.97. The number of hydrogen-bond donors (Lipinski definition) is 2. The molecule has 1 aliphatic rings. The Morgan fingerprint density at radius 1 is 1.12 bits per heavy atom. The summed E-state index contributed by atoms with van der Waals surface area (Å²) < 4.78 is 4.97. The van der Waals surface area contributed by atoms with Crippen LogP contribution in [0, 0.1) is 0 Å². The third kappa shape index (κ3) is 4.59. The summed E-state index contributed by atoms with van der Waals surface area (Å²) in [6, 6.07) is 10.7. The molecule has 1 heterocycles. The summed E-state index contributed by atoms with van der Waals surface area (Å²) in [6.07, 6.45) is 6.06. The Morgan fingerprint density at radius 3 is 2.54 bits per heavy atom. The highest BCUT2D eigenvalue weighted by atomic mass is 16.5. The summed E-state index contributed by atoms with van der Waals surface area (Å²) in [4.78, 5) is 28.3. The van der Waals surface area contributed by atoms with Crippen LogP contribution in [0.5, 0.6) is 0 Å². The number of amides is 1. The zero-order chi connectivity index (χ0) is 18.4. The molecule has 1 aliphatic carbocycles. The predicted molar refractivity (Wildman–Crippen MR) is 99.6 cm³/mol. The first-order chi connectivity index (χ1) is 12.7. The van der Waals surface area contributed by atoms with Gasteiger partial charge in [0.05, 0.1) is 12.2 Å². The summed E-state index contributed by atoms with van der Waals surface area (Å²) in [7, 11) is 0. The van der Waals surface area contributed by atoms with E-state index >= 15 is 0 Å². The second kappa shape index (κ2) is 8.47. The van der Waals surface area contributed by atoms with Crippen molar-refractivity contribution < 1.29 is 14.3 Å². The summed E-state index contributed by atoms with van der Waals surface area (Å²) in [5.74, 6) is 0.163. The number of hydrogen-bond acceptors (Lipinski definition) is 5. The molecule has 0 saturated heterocycles. The minimum atomic E-state index is -0.345. The van der Waals surface area contributed by atoms with Crippen molar-refractivity contribution in [3.8, 4) is 0 Å². The Bertz CT molecular complexity index is 768. The van der Waals surface area contributed by atoms with Gasteiger partial charge < -0.3 is 15.4 Å². The SMILES string of the molecule is CCOC(=O)c1ccc(Nc2cc(C(=O)NC3CCCC3)ccn2)cc1. The van der Waals surface area contributed by atoms with E-state index in [2.05, 4.69) is 15.6 Å². The maximum Gasteiger partial charge on any atom is 0.338 e. The van der Waals surface area contributed by atoms with Crippen molar-refractivity contribution in [3.05, 3.63) is 53.7 Å². The third-order valence-electron chi connectivity index (χ3n) is 4.38. The zero-order valence-corrected chi connectivity index (χ0v) is 14.8. The molecule has 26 heavy (non-hydrogen) atoms. The van der Waals surface area contributed by atoms with Crippen LogP contribution in [-0.2, 0) is 4.74 Å². The first kappa shape index (κ1) is 17.9. The Balaban J connectivity index is 1.64. The molecule has 1 aromatic carbocycles. The lowest BCUT2D eigenvalue weighted by Crippen LogP contribution is -2.32. The van der Waals surface area contributed by atoms with E-state index in [-0.39, 0.29) is 17.9 Å². The molecule has 6 nitrogen and oxygen atoms in total. The van der Waals surface area contributed by atoms with Gasteiger partial charge >= 0.3 is 5.97 Å². The Morgan fingerprint density at radius 2 is 1.85 bits per heavy atom. The van der Waals surface area contributed by atoms with E-state index in [0.717, 1.165) is 18.5 Å². The van der Waals surface area contributed by atoms with Gasteiger partial charge in [-0.2, -0.15) is 0 Å². The zero-order valence-electron chi connectivity index (χ0n) is 14.8. The van der Waals surface area contributed by atoms with Gasteiger partial charge in [0.15, 0.2) is 0 Å². The smallest absolute Gasteiger partial charge is 0.338 e. The number of rotatable bonds is 6.